The number of methoxy groups -OCH3 is 1. The van der Waals surface area contributed by atoms with Gasteiger partial charge in [-0.3, -0.25) is 0 Å². The lowest BCUT2D eigenvalue weighted by Crippen LogP contribution is -2.52. The molecule has 0 saturated carbocycles. The first-order valence-corrected chi connectivity index (χ1v) is 7.04. The van der Waals surface area contributed by atoms with Gasteiger partial charge in [-0.25, -0.2) is 9.59 Å². The molecular formula is C13H23N3O4. The van der Waals surface area contributed by atoms with Crippen LogP contribution in [0.1, 0.15) is 19.3 Å². The number of aliphatic carboxylic acids is 1. The van der Waals surface area contributed by atoms with Crippen molar-refractivity contribution in [3.63, 3.8) is 0 Å². The Morgan fingerprint density at radius 2 is 2.00 bits per heavy atom. The number of rotatable bonds is 3. The first kappa shape index (κ1) is 15.1. The highest BCUT2D eigenvalue weighted by molar-refractivity contribution is 5.83. The molecule has 0 aromatic carbocycles. The maximum Gasteiger partial charge on any atom is 0.326 e. The zero-order valence-electron chi connectivity index (χ0n) is 12.0. The smallest absolute Gasteiger partial charge is 0.326 e. The fourth-order valence-electron chi connectivity index (χ4n) is 2.97. The number of nitrogens with zero attached hydrogens (tertiary/aromatic N) is 2. The molecule has 2 unspecified atom stereocenters. The van der Waals surface area contributed by atoms with Gasteiger partial charge in [-0.05, 0) is 25.9 Å². The molecule has 2 rings (SSSR count). The van der Waals surface area contributed by atoms with Gasteiger partial charge in [-0.2, -0.15) is 0 Å². The SMILES string of the molecule is COC1CC(C(=O)O)N(C(=O)N(C)C2CCNCC2)C1. The van der Waals surface area contributed by atoms with E-state index in [9.17, 15) is 14.7 Å². The first-order chi connectivity index (χ1) is 9.54. The highest BCUT2D eigenvalue weighted by Gasteiger charge is 2.41. The molecule has 0 aromatic heterocycles. The van der Waals surface area contributed by atoms with Crippen molar-refractivity contribution in [2.24, 2.45) is 0 Å². The molecule has 0 bridgehead atoms. The Morgan fingerprint density at radius 3 is 2.55 bits per heavy atom. The number of likely N-dealkylation sites (tertiary alicyclic amines) is 1. The minimum atomic E-state index is -0.961. The standard InChI is InChI=1S/C13H23N3O4/c1-15(9-3-5-14-6-4-9)13(19)16-8-10(20-2)7-11(16)12(17)18/h9-11,14H,3-8H2,1-2H3,(H,17,18). The highest BCUT2D eigenvalue weighted by atomic mass is 16.5. The molecule has 0 aromatic rings. The number of hydrogen-bond acceptors (Lipinski definition) is 4. The van der Waals surface area contributed by atoms with Crippen molar-refractivity contribution in [3.8, 4) is 0 Å². The minimum Gasteiger partial charge on any atom is -0.480 e. The lowest BCUT2D eigenvalue weighted by molar-refractivity contribution is -0.141. The second-order valence-electron chi connectivity index (χ2n) is 5.47. The number of carbonyl (C=O) groups is 2. The van der Waals surface area contributed by atoms with E-state index in [2.05, 4.69) is 5.32 Å². The first-order valence-electron chi connectivity index (χ1n) is 7.04. The Kier molecular flexibility index (Phi) is 4.82. The molecule has 114 valence electrons. The van der Waals surface area contributed by atoms with Crippen LogP contribution in [0, 0.1) is 0 Å². The van der Waals surface area contributed by atoms with Gasteiger partial charge in [0.05, 0.1) is 6.10 Å². The van der Waals surface area contributed by atoms with Crippen molar-refractivity contribution in [2.45, 2.75) is 37.5 Å². The number of amides is 2. The Labute approximate surface area is 118 Å². The van der Waals surface area contributed by atoms with Crippen LogP contribution in [-0.2, 0) is 9.53 Å². The van der Waals surface area contributed by atoms with Gasteiger partial charge in [0.1, 0.15) is 6.04 Å². The quantitative estimate of drug-likeness (QED) is 0.760. The number of piperidine rings is 1. The summed E-state index contributed by atoms with van der Waals surface area (Å²) in [6.07, 6.45) is 1.97. The summed E-state index contributed by atoms with van der Waals surface area (Å²) in [6.45, 7) is 2.14. The molecule has 7 nitrogen and oxygen atoms in total. The lowest BCUT2D eigenvalue weighted by atomic mass is 10.1. The third-order valence-corrected chi connectivity index (χ3v) is 4.28. The summed E-state index contributed by atoms with van der Waals surface area (Å²) >= 11 is 0. The van der Waals surface area contributed by atoms with Gasteiger partial charge in [0, 0.05) is 33.2 Å². The maximum absolute atomic E-state index is 12.5. The number of carbonyl (C=O) groups excluding carboxylic acids is 1. The third kappa shape index (κ3) is 3.04. The van der Waals surface area contributed by atoms with Crippen LogP contribution in [0.15, 0.2) is 0 Å². The number of hydrogen-bond donors (Lipinski definition) is 2. The number of ether oxygens (including phenoxy) is 1. The molecule has 2 fully saturated rings. The van der Waals surface area contributed by atoms with Crippen LogP contribution in [0.4, 0.5) is 4.79 Å². The number of carboxylic acids is 1. The number of carboxylic acid groups (broad SMARTS) is 1. The molecule has 0 aliphatic carbocycles. The Morgan fingerprint density at radius 1 is 1.35 bits per heavy atom. The summed E-state index contributed by atoms with van der Waals surface area (Å²) in [7, 11) is 3.31. The van der Waals surface area contributed by atoms with Crippen molar-refractivity contribution in [3.05, 3.63) is 0 Å². The number of urea groups is 1. The predicted molar refractivity (Wildman–Crippen MR) is 72.6 cm³/mol. The van der Waals surface area contributed by atoms with Gasteiger partial charge in [-0.15, -0.1) is 0 Å². The monoisotopic (exact) mass is 285 g/mol. The molecule has 0 radical (unpaired) electrons. The van der Waals surface area contributed by atoms with Crippen molar-refractivity contribution < 1.29 is 19.4 Å². The summed E-state index contributed by atoms with van der Waals surface area (Å²) in [5.41, 5.74) is 0. The van der Waals surface area contributed by atoms with E-state index in [1.165, 1.54) is 4.90 Å². The van der Waals surface area contributed by atoms with Crippen LogP contribution >= 0.6 is 0 Å². The summed E-state index contributed by atoms with van der Waals surface area (Å²) in [5.74, 6) is -0.961. The average molecular weight is 285 g/mol. The predicted octanol–water partition coefficient (Wildman–Crippen LogP) is -0.0359. The van der Waals surface area contributed by atoms with Crippen molar-refractivity contribution in [1.29, 1.82) is 0 Å². The molecular weight excluding hydrogens is 262 g/mol. The van der Waals surface area contributed by atoms with Crippen LogP contribution in [-0.4, -0.2) is 78.9 Å². The molecule has 2 aliphatic rings. The Balaban J connectivity index is 2.03. The van der Waals surface area contributed by atoms with Crippen molar-refractivity contribution in [1.82, 2.24) is 15.1 Å². The topological polar surface area (TPSA) is 82.1 Å². The van der Waals surface area contributed by atoms with Gasteiger partial charge in [0.2, 0.25) is 0 Å². The van der Waals surface area contributed by atoms with Crippen LogP contribution in [0.3, 0.4) is 0 Å². The summed E-state index contributed by atoms with van der Waals surface area (Å²) < 4.78 is 5.21. The van der Waals surface area contributed by atoms with E-state index >= 15 is 0 Å². The third-order valence-electron chi connectivity index (χ3n) is 4.28. The van der Waals surface area contributed by atoms with E-state index in [0.717, 1.165) is 25.9 Å². The van der Waals surface area contributed by atoms with E-state index in [1.54, 1.807) is 19.1 Å². The van der Waals surface area contributed by atoms with Gasteiger partial charge in [-0.1, -0.05) is 0 Å². The van der Waals surface area contributed by atoms with E-state index in [1.807, 2.05) is 0 Å². The second kappa shape index (κ2) is 6.41. The van der Waals surface area contributed by atoms with Gasteiger partial charge >= 0.3 is 12.0 Å². The second-order valence-corrected chi connectivity index (χ2v) is 5.47. The molecule has 0 spiro atoms. The molecule has 2 atom stereocenters. The molecule has 2 heterocycles. The van der Waals surface area contributed by atoms with Crippen molar-refractivity contribution >= 4 is 12.0 Å². The van der Waals surface area contributed by atoms with E-state index < -0.39 is 12.0 Å². The Hall–Kier alpha value is -1.34. The summed E-state index contributed by atoms with van der Waals surface area (Å²) in [4.78, 5) is 27.0. The van der Waals surface area contributed by atoms with Crippen molar-refractivity contribution in [2.75, 3.05) is 33.8 Å². The van der Waals surface area contributed by atoms with E-state index in [-0.39, 0.29) is 18.2 Å². The Bertz CT molecular complexity index is 371. The fraction of sp³-hybridized carbons (Fsp3) is 0.846. The zero-order chi connectivity index (χ0) is 14.7. The van der Waals surface area contributed by atoms with Crippen LogP contribution in [0.2, 0.25) is 0 Å². The maximum atomic E-state index is 12.5. The largest absolute Gasteiger partial charge is 0.480 e. The van der Waals surface area contributed by atoms with Gasteiger partial charge in [0.15, 0.2) is 0 Å². The fourth-order valence-corrected chi connectivity index (χ4v) is 2.97. The minimum absolute atomic E-state index is 0.180. The zero-order valence-corrected chi connectivity index (χ0v) is 12.0. The molecule has 7 heteroatoms. The summed E-state index contributed by atoms with van der Waals surface area (Å²) in [5, 5.41) is 12.5. The lowest BCUT2D eigenvalue weighted by Gasteiger charge is -2.35. The summed E-state index contributed by atoms with van der Waals surface area (Å²) in [6, 6.07) is -0.805. The molecule has 2 aliphatic heterocycles. The molecule has 2 N–H and O–H groups in total. The molecule has 2 saturated heterocycles. The molecule has 2 amide bonds. The normalized spacial score (nSPS) is 27.6. The van der Waals surface area contributed by atoms with E-state index in [0.29, 0.717) is 13.0 Å². The van der Waals surface area contributed by atoms with Crippen LogP contribution in [0.5, 0.6) is 0 Å². The number of nitrogens with one attached hydrogen (secondary N) is 1. The van der Waals surface area contributed by atoms with E-state index in [4.69, 9.17) is 4.74 Å². The molecule has 20 heavy (non-hydrogen) atoms. The van der Waals surface area contributed by atoms with Gasteiger partial charge in [0.25, 0.3) is 0 Å². The van der Waals surface area contributed by atoms with Crippen LogP contribution < -0.4 is 5.32 Å². The average Bonchev–Trinajstić information content (AvgIpc) is 2.91. The van der Waals surface area contributed by atoms with Crippen LogP contribution in [0.25, 0.3) is 0 Å². The highest BCUT2D eigenvalue weighted by Crippen LogP contribution is 2.23. The van der Waals surface area contributed by atoms with Gasteiger partial charge < -0.3 is 25.0 Å².